The van der Waals surface area contributed by atoms with Crippen LogP contribution in [0.5, 0.6) is 0 Å². The molecule has 0 aliphatic rings. The maximum Gasteiger partial charge on any atom is 0.243 e. The number of hydrogen-bond donors (Lipinski definition) is 1. The summed E-state index contributed by atoms with van der Waals surface area (Å²) in [5, 5.41) is 9.97. The minimum Gasteiger partial charge on any atom is -0.286 e. The van der Waals surface area contributed by atoms with Gasteiger partial charge in [0.15, 0.2) is 0 Å². The zero-order valence-electron chi connectivity index (χ0n) is 12.1. The second-order valence-electron chi connectivity index (χ2n) is 4.91. The van der Waals surface area contributed by atoms with E-state index in [1.807, 2.05) is 36.4 Å². The van der Waals surface area contributed by atoms with Crippen molar-refractivity contribution in [1.82, 2.24) is 5.06 Å². The highest BCUT2D eigenvalue weighted by atomic mass is 16.5. The summed E-state index contributed by atoms with van der Waals surface area (Å²) in [6.45, 7) is 1.52. The van der Waals surface area contributed by atoms with Gasteiger partial charge in [0.2, 0.25) is 5.91 Å². The summed E-state index contributed by atoms with van der Waals surface area (Å²) in [6.07, 6.45) is 4.56. The number of nitrogens with zero attached hydrogens (tertiary/aromatic N) is 1. The molecule has 0 atom stereocenters. The topological polar surface area (TPSA) is 40.5 Å². The highest BCUT2D eigenvalue weighted by Crippen LogP contribution is 2.12. The molecule has 2 aromatic rings. The van der Waals surface area contributed by atoms with E-state index in [9.17, 15) is 10.0 Å². The summed E-state index contributed by atoms with van der Waals surface area (Å²) >= 11 is 0. The van der Waals surface area contributed by atoms with Crippen LogP contribution >= 0.6 is 0 Å². The molecular weight excluding hydrogens is 262 g/mol. The van der Waals surface area contributed by atoms with Crippen LogP contribution in [-0.2, 0) is 11.2 Å². The molecule has 0 heterocycles. The smallest absolute Gasteiger partial charge is 0.243 e. The van der Waals surface area contributed by atoms with Crippen molar-refractivity contribution in [2.24, 2.45) is 0 Å². The van der Waals surface area contributed by atoms with Crippen molar-refractivity contribution in [3.63, 3.8) is 0 Å². The lowest BCUT2D eigenvalue weighted by Gasteiger charge is -2.08. The normalized spacial score (nSPS) is 10.8. The van der Waals surface area contributed by atoms with E-state index >= 15 is 0 Å². The third-order valence-electron chi connectivity index (χ3n) is 3.15. The van der Waals surface area contributed by atoms with Gasteiger partial charge in [-0.25, -0.2) is 5.06 Å². The van der Waals surface area contributed by atoms with Crippen LogP contribution in [0.25, 0.3) is 6.08 Å². The molecule has 0 aliphatic carbocycles. The molecule has 0 radical (unpaired) electrons. The van der Waals surface area contributed by atoms with Gasteiger partial charge in [0.1, 0.15) is 0 Å². The first kappa shape index (κ1) is 15.0. The van der Waals surface area contributed by atoms with Crippen molar-refractivity contribution in [2.75, 3.05) is 6.54 Å². The summed E-state index contributed by atoms with van der Waals surface area (Å²) < 4.78 is 0. The van der Waals surface area contributed by atoms with Crippen molar-refractivity contribution in [3.05, 3.63) is 77.4 Å². The lowest BCUT2D eigenvalue weighted by molar-refractivity contribution is -0.160. The summed E-state index contributed by atoms with van der Waals surface area (Å²) in [4.78, 5) is 10.9. The Balaban J connectivity index is 2.01. The predicted molar refractivity (Wildman–Crippen MR) is 83.9 cm³/mol. The molecule has 108 valence electrons. The molecule has 0 bridgehead atoms. The van der Waals surface area contributed by atoms with Crippen LogP contribution in [0.2, 0.25) is 0 Å². The second-order valence-corrected chi connectivity index (χ2v) is 4.91. The average molecular weight is 281 g/mol. The number of amides is 1. The van der Waals surface area contributed by atoms with Crippen molar-refractivity contribution >= 4 is 12.0 Å². The Morgan fingerprint density at radius 1 is 1.10 bits per heavy atom. The molecule has 0 spiro atoms. The first-order valence-corrected chi connectivity index (χ1v) is 6.91. The molecule has 0 aliphatic heterocycles. The summed E-state index contributed by atoms with van der Waals surface area (Å²) in [6, 6.07) is 18.5. The van der Waals surface area contributed by atoms with Crippen LogP contribution in [0.1, 0.15) is 23.6 Å². The lowest BCUT2D eigenvalue weighted by atomic mass is 10.0. The molecule has 2 aromatic carbocycles. The van der Waals surface area contributed by atoms with Crippen LogP contribution in [0.3, 0.4) is 0 Å². The molecule has 21 heavy (non-hydrogen) atoms. The Hall–Kier alpha value is -2.39. The average Bonchev–Trinajstić information content (AvgIpc) is 2.48. The monoisotopic (exact) mass is 281 g/mol. The number of hydroxylamine groups is 2. The number of carbonyl (C=O) groups excluding carboxylic acids is 1. The maximum absolute atomic E-state index is 10.9. The molecule has 3 nitrogen and oxygen atoms in total. The van der Waals surface area contributed by atoms with E-state index in [0.29, 0.717) is 5.06 Å². The fourth-order valence-corrected chi connectivity index (χ4v) is 2.06. The Morgan fingerprint density at radius 2 is 1.81 bits per heavy atom. The molecular formula is C18H19NO2. The quantitative estimate of drug-likeness (QED) is 0.673. The third-order valence-corrected chi connectivity index (χ3v) is 3.15. The minimum atomic E-state index is -0.363. The molecule has 0 saturated carbocycles. The van der Waals surface area contributed by atoms with Gasteiger partial charge in [-0.05, 0) is 23.1 Å². The third kappa shape index (κ3) is 4.89. The molecule has 0 unspecified atom stereocenters. The van der Waals surface area contributed by atoms with E-state index in [0.717, 1.165) is 12.0 Å². The van der Waals surface area contributed by atoms with E-state index < -0.39 is 0 Å². The predicted octanol–water partition coefficient (Wildman–Crippen LogP) is 3.53. The van der Waals surface area contributed by atoms with Crippen LogP contribution in [0.15, 0.2) is 60.7 Å². The lowest BCUT2D eigenvalue weighted by Crippen LogP contribution is -2.24. The molecule has 2 rings (SSSR count). The number of rotatable bonds is 5. The SMILES string of the molecule is CC(=O)N(O)C/C=C/c1cccc(Cc2ccccc2)c1. The molecule has 1 amide bonds. The van der Waals surface area contributed by atoms with E-state index in [2.05, 4.69) is 24.3 Å². The van der Waals surface area contributed by atoms with Gasteiger partial charge in [-0.1, -0.05) is 66.7 Å². The highest BCUT2D eigenvalue weighted by molar-refractivity contribution is 5.72. The Morgan fingerprint density at radius 3 is 2.52 bits per heavy atom. The molecule has 1 N–H and O–H groups in total. The molecule has 0 saturated heterocycles. The summed E-state index contributed by atoms with van der Waals surface area (Å²) in [7, 11) is 0. The van der Waals surface area contributed by atoms with E-state index in [1.165, 1.54) is 18.1 Å². The maximum atomic E-state index is 10.9. The number of hydrogen-bond acceptors (Lipinski definition) is 2. The van der Waals surface area contributed by atoms with Gasteiger partial charge in [0.25, 0.3) is 0 Å². The number of benzene rings is 2. The van der Waals surface area contributed by atoms with Crippen LogP contribution in [0.4, 0.5) is 0 Å². The van der Waals surface area contributed by atoms with Gasteiger partial charge in [0.05, 0.1) is 6.54 Å². The van der Waals surface area contributed by atoms with Crippen molar-refractivity contribution in [2.45, 2.75) is 13.3 Å². The van der Waals surface area contributed by atoms with Gasteiger partial charge in [-0.2, -0.15) is 0 Å². The van der Waals surface area contributed by atoms with Crippen LogP contribution < -0.4 is 0 Å². The highest BCUT2D eigenvalue weighted by Gasteiger charge is 2.00. The van der Waals surface area contributed by atoms with Gasteiger partial charge < -0.3 is 0 Å². The van der Waals surface area contributed by atoms with Crippen LogP contribution in [0, 0.1) is 0 Å². The van der Waals surface area contributed by atoms with Gasteiger partial charge in [-0.3, -0.25) is 10.0 Å². The van der Waals surface area contributed by atoms with Crippen LogP contribution in [-0.4, -0.2) is 22.7 Å². The largest absolute Gasteiger partial charge is 0.286 e. The van der Waals surface area contributed by atoms with Gasteiger partial charge in [0, 0.05) is 6.92 Å². The summed E-state index contributed by atoms with van der Waals surface area (Å²) in [5.41, 5.74) is 3.56. The van der Waals surface area contributed by atoms with Gasteiger partial charge >= 0.3 is 0 Å². The van der Waals surface area contributed by atoms with Crippen molar-refractivity contribution in [3.8, 4) is 0 Å². The van der Waals surface area contributed by atoms with E-state index in [4.69, 9.17) is 0 Å². The minimum absolute atomic E-state index is 0.193. The van der Waals surface area contributed by atoms with E-state index in [1.54, 1.807) is 6.08 Å². The Kier molecular flexibility index (Phi) is 5.29. The number of carbonyl (C=O) groups is 1. The zero-order chi connectivity index (χ0) is 15.1. The second kappa shape index (κ2) is 7.41. The van der Waals surface area contributed by atoms with Gasteiger partial charge in [-0.15, -0.1) is 0 Å². The first-order chi connectivity index (χ1) is 10.1. The molecule has 0 aromatic heterocycles. The van der Waals surface area contributed by atoms with Crippen molar-refractivity contribution in [1.29, 1.82) is 0 Å². The fourth-order valence-electron chi connectivity index (χ4n) is 2.06. The standard InChI is InChI=1S/C18H19NO2/c1-15(20)19(21)12-6-11-17-9-5-10-18(14-17)13-16-7-3-2-4-8-16/h2-11,14,21H,12-13H2,1H3/b11-6+. The summed E-state index contributed by atoms with van der Waals surface area (Å²) in [5.74, 6) is -0.363. The Labute approximate surface area is 125 Å². The Bertz CT molecular complexity index is 620. The first-order valence-electron chi connectivity index (χ1n) is 6.91. The fraction of sp³-hybridized carbons (Fsp3) is 0.167. The van der Waals surface area contributed by atoms with E-state index in [-0.39, 0.29) is 12.5 Å². The van der Waals surface area contributed by atoms with Crippen molar-refractivity contribution < 1.29 is 10.0 Å². The molecule has 0 fully saturated rings. The molecule has 3 heteroatoms. The zero-order valence-corrected chi connectivity index (χ0v) is 12.1.